The lowest BCUT2D eigenvalue weighted by Crippen LogP contribution is -2.42. The molecule has 2 aliphatic heterocycles. The quantitative estimate of drug-likeness (QED) is 0.654. The number of para-hydroxylation sites is 1. The molecule has 0 radical (unpaired) electrons. The van der Waals surface area contributed by atoms with Gasteiger partial charge in [-0.25, -0.2) is 9.37 Å². The molecule has 2 aromatic carbocycles. The molecule has 1 unspecified atom stereocenters. The molecule has 1 spiro atoms. The molecule has 0 bridgehead atoms. The Labute approximate surface area is 159 Å². The summed E-state index contributed by atoms with van der Waals surface area (Å²) in [6, 6.07) is 13.1. The Morgan fingerprint density at radius 3 is 2.75 bits per heavy atom. The van der Waals surface area contributed by atoms with Gasteiger partial charge >= 0.3 is 0 Å². The molecular weight excluding hydrogens is 364 g/mol. The molecule has 3 aromatic rings. The lowest BCUT2D eigenvalue weighted by Gasteiger charge is -2.39. The summed E-state index contributed by atoms with van der Waals surface area (Å²) in [6.45, 7) is 0.360. The second-order valence-corrected chi connectivity index (χ2v) is 6.73. The molecule has 0 aliphatic carbocycles. The number of pyridine rings is 1. The van der Waals surface area contributed by atoms with E-state index in [1.165, 1.54) is 12.3 Å². The molecule has 0 fully saturated rings. The maximum Gasteiger partial charge on any atom is 0.220 e. The number of ether oxygens (including phenoxy) is 2. The number of nitrogens with zero attached hydrogens (tertiary/aromatic N) is 2. The number of nitrogens with two attached hydrogens (primary N) is 1. The van der Waals surface area contributed by atoms with E-state index in [4.69, 9.17) is 15.2 Å². The summed E-state index contributed by atoms with van der Waals surface area (Å²) in [6.07, 6.45) is 1.39. The first-order valence-corrected chi connectivity index (χ1v) is 8.73. The molecule has 7 heteroatoms. The predicted octanol–water partition coefficient (Wildman–Crippen LogP) is 3.76. The van der Waals surface area contributed by atoms with E-state index in [2.05, 4.69) is 9.98 Å². The Morgan fingerprint density at radius 1 is 1.04 bits per heavy atom. The molecular formula is C21H15F2N3O2. The van der Waals surface area contributed by atoms with Crippen molar-refractivity contribution in [3.05, 3.63) is 77.6 Å². The van der Waals surface area contributed by atoms with Crippen LogP contribution in [-0.4, -0.2) is 24.0 Å². The third kappa shape index (κ3) is 2.40. The Kier molecular flexibility index (Phi) is 3.67. The first kappa shape index (κ1) is 16.8. The minimum absolute atomic E-state index is 0.0948. The molecule has 1 aromatic heterocycles. The van der Waals surface area contributed by atoms with Gasteiger partial charge in [0.25, 0.3) is 0 Å². The smallest absolute Gasteiger partial charge is 0.220 e. The summed E-state index contributed by atoms with van der Waals surface area (Å²) in [5, 5.41) is 0. The fourth-order valence-electron chi connectivity index (χ4n) is 3.79. The van der Waals surface area contributed by atoms with Gasteiger partial charge in [-0.2, -0.15) is 4.39 Å². The van der Waals surface area contributed by atoms with Crippen molar-refractivity contribution in [1.29, 1.82) is 0 Å². The summed E-state index contributed by atoms with van der Waals surface area (Å²) >= 11 is 0. The van der Waals surface area contributed by atoms with Crippen molar-refractivity contribution < 1.29 is 18.3 Å². The molecule has 2 N–H and O–H groups in total. The molecule has 5 nitrogen and oxygen atoms in total. The maximum atomic E-state index is 14.5. The van der Waals surface area contributed by atoms with Crippen molar-refractivity contribution in [2.24, 2.45) is 10.7 Å². The standard InChI is InChI=1S/C21H15F2N3O2/c22-16-5-1-4-14-19(16)28-17-7-6-12(13-3-2-8-25-20(13)23)9-15(17)21(14)11-27-10-18(24)26-21/h1-9H,10-11H2,(H2,24,26). The third-order valence-corrected chi connectivity index (χ3v) is 5.02. The van der Waals surface area contributed by atoms with Gasteiger partial charge in [-0.3, -0.25) is 4.99 Å². The number of aliphatic imine (C=N–C) groups is 1. The summed E-state index contributed by atoms with van der Waals surface area (Å²) in [5.74, 6) is -0.260. The van der Waals surface area contributed by atoms with Crippen LogP contribution in [0.25, 0.3) is 11.1 Å². The van der Waals surface area contributed by atoms with Gasteiger partial charge in [-0.1, -0.05) is 18.2 Å². The molecule has 1 atom stereocenters. The molecule has 0 amide bonds. The highest BCUT2D eigenvalue weighted by atomic mass is 19.1. The number of aromatic nitrogens is 1. The normalized spacial score (nSPS) is 20.1. The van der Waals surface area contributed by atoms with Crippen LogP contribution in [0.1, 0.15) is 11.1 Å². The SMILES string of the molecule is NC1=NC2(COC1)c1cc(-c3cccnc3F)ccc1Oc1c(F)cccc12. The number of hydrogen-bond acceptors (Lipinski definition) is 5. The number of fused-ring (bicyclic) bond motifs is 4. The van der Waals surface area contributed by atoms with Gasteiger partial charge in [0.1, 0.15) is 23.7 Å². The fraction of sp³-hybridized carbons (Fsp3) is 0.143. The molecule has 140 valence electrons. The average Bonchev–Trinajstić information content (AvgIpc) is 2.70. The summed E-state index contributed by atoms with van der Waals surface area (Å²) in [4.78, 5) is 8.38. The molecule has 2 aliphatic rings. The van der Waals surface area contributed by atoms with Crippen molar-refractivity contribution in [2.45, 2.75) is 5.54 Å². The van der Waals surface area contributed by atoms with Gasteiger partial charge in [0.2, 0.25) is 5.95 Å². The number of halogens is 2. The van der Waals surface area contributed by atoms with Crippen LogP contribution in [-0.2, 0) is 10.3 Å². The fourth-order valence-corrected chi connectivity index (χ4v) is 3.79. The maximum absolute atomic E-state index is 14.5. The summed E-state index contributed by atoms with van der Waals surface area (Å²) < 4.78 is 40.2. The number of rotatable bonds is 1. The van der Waals surface area contributed by atoms with E-state index >= 15 is 0 Å². The zero-order valence-electron chi connectivity index (χ0n) is 14.7. The highest BCUT2D eigenvalue weighted by Crippen LogP contribution is 2.51. The molecule has 3 heterocycles. The lowest BCUT2D eigenvalue weighted by atomic mass is 9.79. The van der Waals surface area contributed by atoms with Crippen LogP contribution in [0.5, 0.6) is 11.5 Å². The highest BCUT2D eigenvalue weighted by Gasteiger charge is 2.45. The number of amidine groups is 1. The van der Waals surface area contributed by atoms with Crippen LogP contribution in [0.4, 0.5) is 8.78 Å². The van der Waals surface area contributed by atoms with Crippen molar-refractivity contribution >= 4 is 5.84 Å². The monoisotopic (exact) mass is 379 g/mol. The zero-order valence-corrected chi connectivity index (χ0v) is 14.7. The molecule has 5 rings (SSSR count). The number of hydrogen-bond donors (Lipinski definition) is 1. The van der Waals surface area contributed by atoms with E-state index in [0.717, 1.165) is 0 Å². The van der Waals surface area contributed by atoms with Crippen LogP contribution in [0.3, 0.4) is 0 Å². The van der Waals surface area contributed by atoms with Gasteiger partial charge in [-0.05, 0) is 35.9 Å². The van der Waals surface area contributed by atoms with E-state index in [0.29, 0.717) is 33.8 Å². The average molecular weight is 379 g/mol. The second-order valence-electron chi connectivity index (χ2n) is 6.73. The van der Waals surface area contributed by atoms with Gasteiger partial charge < -0.3 is 15.2 Å². The number of benzene rings is 2. The van der Waals surface area contributed by atoms with Crippen LogP contribution >= 0.6 is 0 Å². The van der Waals surface area contributed by atoms with E-state index in [1.54, 1.807) is 42.5 Å². The first-order chi connectivity index (χ1) is 13.6. The zero-order chi connectivity index (χ0) is 19.3. The van der Waals surface area contributed by atoms with E-state index in [1.807, 2.05) is 0 Å². The Bertz CT molecular complexity index is 1130. The van der Waals surface area contributed by atoms with Gasteiger partial charge in [0.15, 0.2) is 11.6 Å². The summed E-state index contributed by atoms with van der Waals surface area (Å²) in [5.41, 5.74) is 7.02. The van der Waals surface area contributed by atoms with Gasteiger partial charge in [-0.15, -0.1) is 0 Å². The minimum Gasteiger partial charge on any atom is -0.453 e. The van der Waals surface area contributed by atoms with Crippen LogP contribution in [0, 0.1) is 11.8 Å². The lowest BCUT2D eigenvalue weighted by molar-refractivity contribution is 0.109. The van der Waals surface area contributed by atoms with Crippen molar-refractivity contribution in [3.8, 4) is 22.6 Å². The summed E-state index contributed by atoms with van der Waals surface area (Å²) in [7, 11) is 0. The van der Waals surface area contributed by atoms with Crippen LogP contribution < -0.4 is 10.5 Å². The molecule has 0 saturated heterocycles. The third-order valence-electron chi connectivity index (χ3n) is 5.02. The van der Waals surface area contributed by atoms with Gasteiger partial charge in [0, 0.05) is 22.9 Å². The van der Waals surface area contributed by atoms with Crippen molar-refractivity contribution in [1.82, 2.24) is 4.98 Å². The minimum atomic E-state index is -1.07. The van der Waals surface area contributed by atoms with Crippen LogP contribution in [0.2, 0.25) is 0 Å². The largest absolute Gasteiger partial charge is 0.453 e. The molecule has 0 saturated carbocycles. The Hall–Kier alpha value is -3.32. The molecule has 28 heavy (non-hydrogen) atoms. The second kappa shape index (κ2) is 6.10. The van der Waals surface area contributed by atoms with E-state index < -0.39 is 17.3 Å². The van der Waals surface area contributed by atoms with E-state index in [-0.39, 0.29) is 19.0 Å². The van der Waals surface area contributed by atoms with E-state index in [9.17, 15) is 8.78 Å². The topological polar surface area (TPSA) is 69.7 Å². The highest BCUT2D eigenvalue weighted by molar-refractivity contribution is 5.84. The Balaban J connectivity index is 1.78. The van der Waals surface area contributed by atoms with Gasteiger partial charge in [0.05, 0.1) is 6.61 Å². The van der Waals surface area contributed by atoms with Crippen molar-refractivity contribution in [3.63, 3.8) is 0 Å². The van der Waals surface area contributed by atoms with Crippen molar-refractivity contribution in [2.75, 3.05) is 13.2 Å². The van der Waals surface area contributed by atoms with Crippen LogP contribution in [0.15, 0.2) is 59.7 Å². The predicted molar refractivity (Wildman–Crippen MR) is 99.3 cm³/mol. The Morgan fingerprint density at radius 2 is 1.93 bits per heavy atom. The first-order valence-electron chi connectivity index (χ1n) is 8.73.